The lowest BCUT2D eigenvalue weighted by Gasteiger charge is -2.06. The fourth-order valence-electron chi connectivity index (χ4n) is 0.206. The third-order valence-corrected chi connectivity index (χ3v) is 1.33. The van der Waals surface area contributed by atoms with Gasteiger partial charge < -0.3 is 48.5 Å². The number of nitrogens with two attached hydrogens (primary N) is 4. The smallest absolute Gasteiger partial charge is 0.323 e. The van der Waals surface area contributed by atoms with Crippen LogP contribution in [0.15, 0.2) is 0 Å². The lowest BCUT2D eigenvalue weighted by atomic mass is 10.2. The highest BCUT2D eigenvalue weighted by Crippen LogP contribution is 1.85. The molecule has 13 N–H and O–H groups in total. The van der Waals surface area contributed by atoms with Crippen LogP contribution in [0.4, 0.5) is 0 Å². The molecule has 0 saturated carbocycles. The zero-order chi connectivity index (χ0) is 19.6. The average molecular weight is 344 g/mol. The van der Waals surface area contributed by atoms with Crippen molar-refractivity contribution < 1.29 is 44.7 Å². The summed E-state index contributed by atoms with van der Waals surface area (Å²) in [5.41, 5.74) is 18.6. The van der Waals surface area contributed by atoms with Gasteiger partial charge in [0.15, 0.2) is 0 Å². The minimum Gasteiger partial charge on any atom is -0.480 e. The molecule has 23 heavy (non-hydrogen) atoms. The molecule has 0 aliphatic carbocycles. The molecule has 0 spiro atoms. The van der Waals surface area contributed by atoms with E-state index in [4.69, 9.17) is 31.3 Å². The Kier molecular flexibility index (Phi) is 24.6. The molecule has 0 unspecified atom stereocenters. The van der Waals surface area contributed by atoms with E-state index >= 15 is 0 Å². The highest BCUT2D eigenvalue weighted by molar-refractivity contribution is 5.73. The Balaban J connectivity index is -0.000000108. The summed E-state index contributed by atoms with van der Waals surface area (Å²) in [6.07, 6.45) is -0.979. The van der Waals surface area contributed by atoms with Crippen LogP contribution in [-0.4, -0.2) is 81.2 Å². The van der Waals surface area contributed by atoms with E-state index in [1.165, 1.54) is 6.92 Å². The van der Waals surface area contributed by atoms with Crippen LogP contribution in [0, 0.1) is 0 Å². The van der Waals surface area contributed by atoms with Gasteiger partial charge in [0.1, 0.15) is 6.04 Å². The summed E-state index contributed by atoms with van der Waals surface area (Å²) in [5.74, 6) is -4.08. The first-order valence-corrected chi connectivity index (χ1v) is 5.79. The molecule has 138 valence electrons. The molecule has 0 aromatic heterocycles. The largest absolute Gasteiger partial charge is 0.480 e. The fourth-order valence-corrected chi connectivity index (χ4v) is 0.206. The predicted molar refractivity (Wildman–Crippen MR) is 77.4 cm³/mol. The summed E-state index contributed by atoms with van der Waals surface area (Å²) >= 11 is 0. The van der Waals surface area contributed by atoms with Crippen LogP contribution in [0.2, 0.25) is 0 Å². The van der Waals surface area contributed by atoms with Crippen molar-refractivity contribution in [2.45, 2.75) is 19.1 Å². The van der Waals surface area contributed by atoms with Crippen molar-refractivity contribution in [3.05, 3.63) is 0 Å². The first-order chi connectivity index (χ1) is 10.4. The molecule has 0 heterocycles. The summed E-state index contributed by atoms with van der Waals surface area (Å²) < 4.78 is 0. The van der Waals surface area contributed by atoms with Gasteiger partial charge in [0.2, 0.25) is 0 Å². The van der Waals surface area contributed by atoms with Gasteiger partial charge in [-0.1, -0.05) is 0 Å². The van der Waals surface area contributed by atoms with E-state index in [1.54, 1.807) is 0 Å². The van der Waals surface area contributed by atoms with Crippen LogP contribution in [0.5, 0.6) is 0 Å². The Hall–Kier alpha value is -2.32. The number of carbonyl (C=O) groups is 4. The van der Waals surface area contributed by atoms with Crippen LogP contribution in [-0.2, 0) is 19.2 Å². The summed E-state index contributed by atoms with van der Waals surface area (Å²) in [6.45, 7) is 0.499. The zero-order valence-corrected chi connectivity index (χ0v) is 12.5. The van der Waals surface area contributed by atoms with Crippen molar-refractivity contribution in [3.63, 3.8) is 0 Å². The van der Waals surface area contributed by atoms with Gasteiger partial charge in [-0.15, -0.1) is 0 Å². The highest BCUT2D eigenvalue weighted by Gasteiger charge is 2.16. The molecule has 0 fully saturated rings. The molecule has 0 aliphatic rings. The van der Waals surface area contributed by atoms with E-state index in [1.807, 2.05) is 0 Å². The second-order valence-electron chi connectivity index (χ2n) is 3.40. The molecule has 13 heteroatoms. The lowest BCUT2D eigenvalue weighted by Crippen LogP contribution is -2.39. The highest BCUT2D eigenvalue weighted by atomic mass is 16.4. The molecule has 2 atom stereocenters. The van der Waals surface area contributed by atoms with Crippen molar-refractivity contribution in [3.8, 4) is 0 Å². The van der Waals surface area contributed by atoms with Gasteiger partial charge in [-0.2, -0.15) is 0 Å². The molecule has 0 aromatic carbocycles. The maximum atomic E-state index is 9.86. The Morgan fingerprint density at radius 2 is 0.957 bits per heavy atom. The number of carboxylic acid groups (broad SMARTS) is 4. The van der Waals surface area contributed by atoms with E-state index in [2.05, 4.69) is 17.2 Å². The van der Waals surface area contributed by atoms with Gasteiger partial charge in [-0.25, -0.2) is 0 Å². The summed E-state index contributed by atoms with van der Waals surface area (Å²) in [6, 6.07) is -1.16. The summed E-state index contributed by atoms with van der Waals surface area (Å²) in [5, 5.41) is 39.3. The molecular formula is C10H24N4O9. The maximum absolute atomic E-state index is 9.86. The Labute approximate surface area is 131 Å². The Morgan fingerprint density at radius 3 is 0.957 bits per heavy atom. The van der Waals surface area contributed by atoms with Gasteiger partial charge in [0, 0.05) is 0 Å². The van der Waals surface area contributed by atoms with Crippen molar-refractivity contribution >= 4 is 23.9 Å². The van der Waals surface area contributed by atoms with Gasteiger partial charge >= 0.3 is 23.9 Å². The van der Waals surface area contributed by atoms with E-state index in [-0.39, 0.29) is 19.6 Å². The number of hydrogen-bond donors (Lipinski definition) is 9. The second kappa shape index (κ2) is 19.7. The molecule has 0 aliphatic heterocycles. The van der Waals surface area contributed by atoms with Crippen LogP contribution in [0.3, 0.4) is 0 Å². The molecule has 13 nitrogen and oxygen atoms in total. The molecule has 0 amide bonds. The van der Waals surface area contributed by atoms with Gasteiger partial charge in [0.25, 0.3) is 0 Å². The number of aliphatic hydroxyl groups is 1. The third-order valence-electron chi connectivity index (χ3n) is 1.33. The van der Waals surface area contributed by atoms with Crippen LogP contribution in [0.25, 0.3) is 0 Å². The normalized spacial score (nSPS) is 10.9. The first-order valence-electron chi connectivity index (χ1n) is 5.79. The molecule has 0 aromatic rings. The quantitative estimate of drug-likeness (QED) is 0.229. The van der Waals surface area contributed by atoms with Crippen molar-refractivity contribution in [1.29, 1.82) is 0 Å². The van der Waals surface area contributed by atoms with Crippen molar-refractivity contribution in [2.75, 3.05) is 19.6 Å². The average Bonchev–Trinajstić information content (AvgIpc) is 2.47. The molecule has 0 radical (unpaired) electrons. The van der Waals surface area contributed by atoms with Crippen LogP contribution < -0.4 is 22.9 Å². The number of hydrogen-bond acceptors (Lipinski definition) is 9. The van der Waals surface area contributed by atoms with Gasteiger partial charge in [0.05, 0.1) is 25.7 Å². The van der Waals surface area contributed by atoms with E-state index < -0.39 is 36.0 Å². The van der Waals surface area contributed by atoms with E-state index in [0.29, 0.717) is 0 Å². The number of carboxylic acids is 4. The molecular weight excluding hydrogens is 320 g/mol. The van der Waals surface area contributed by atoms with E-state index in [0.717, 1.165) is 0 Å². The van der Waals surface area contributed by atoms with Gasteiger partial charge in [-0.05, 0) is 6.92 Å². The topological polar surface area (TPSA) is 274 Å². The third kappa shape index (κ3) is 45.1. The van der Waals surface area contributed by atoms with E-state index in [9.17, 15) is 19.2 Å². The Bertz CT molecular complexity index is 316. The van der Waals surface area contributed by atoms with Crippen molar-refractivity contribution in [1.82, 2.24) is 0 Å². The molecule has 0 rings (SSSR count). The number of aliphatic hydroxyl groups excluding tert-OH is 1. The monoisotopic (exact) mass is 344 g/mol. The SMILES string of the molecule is C[C@@H](O)[C@H](N)C(=O)O.NCC(=O)O.NCC(=O)O.NCC(=O)O. The minimum absolute atomic E-state index is 0.278. The first kappa shape index (κ1) is 28.8. The summed E-state index contributed by atoms with van der Waals surface area (Å²) in [7, 11) is 0. The number of aliphatic carboxylic acids is 4. The fraction of sp³-hybridized carbons (Fsp3) is 0.600. The van der Waals surface area contributed by atoms with Crippen LogP contribution >= 0.6 is 0 Å². The minimum atomic E-state index is -1.18. The molecule has 0 saturated heterocycles. The Morgan fingerprint density at radius 1 is 0.783 bits per heavy atom. The summed E-state index contributed by atoms with van der Waals surface area (Å²) in [4.78, 5) is 37.6. The van der Waals surface area contributed by atoms with Gasteiger partial charge in [-0.3, -0.25) is 19.2 Å². The molecule has 0 bridgehead atoms. The zero-order valence-electron chi connectivity index (χ0n) is 12.5. The van der Waals surface area contributed by atoms with Crippen LogP contribution in [0.1, 0.15) is 6.92 Å². The standard InChI is InChI=1S/C4H9NO3.3C2H5NO2/c1-2(6)3(5)4(7)8;3*3-1-2(4)5/h2-3,6H,5H2,1H3,(H,7,8);3*1,3H2,(H,4,5)/t2-,3+;;;/m1.../s1. The second-order valence-corrected chi connectivity index (χ2v) is 3.40. The lowest BCUT2D eigenvalue weighted by molar-refractivity contribution is -0.141. The number of rotatable bonds is 5. The van der Waals surface area contributed by atoms with Crippen molar-refractivity contribution in [2.24, 2.45) is 22.9 Å². The maximum Gasteiger partial charge on any atom is 0.323 e. The predicted octanol–water partition coefficient (Wildman–Crippen LogP) is -4.13.